The normalized spacial score (nSPS) is 12.4. The molecule has 0 atom stereocenters. The Morgan fingerprint density at radius 2 is 1.37 bits per heavy atom. The van der Waals surface area contributed by atoms with Gasteiger partial charge < -0.3 is 0 Å². The molecule has 0 unspecified atom stereocenters. The fraction of sp³-hybridized carbons (Fsp3) is 0.562. The Morgan fingerprint density at radius 1 is 0.895 bits per heavy atom. The molecule has 0 saturated carbocycles. The minimum Gasteiger partial charge on any atom is -0.294 e. The number of aromatic nitrogens is 1. The smallest absolute Gasteiger partial charge is 0.187 e. The van der Waals surface area contributed by atoms with Gasteiger partial charge in [0.25, 0.3) is 0 Å². The summed E-state index contributed by atoms with van der Waals surface area (Å²) in [6.07, 6.45) is 0. The zero-order valence-corrected chi connectivity index (χ0v) is 12.9. The van der Waals surface area contributed by atoms with Crippen LogP contribution in [0.4, 0.5) is 0 Å². The number of rotatable bonds is 2. The summed E-state index contributed by atoms with van der Waals surface area (Å²) in [5, 5.41) is 0. The fourth-order valence-electron chi connectivity index (χ4n) is 1.67. The predicted octanol–water partition coefficient (Wildman–Crippen LogP) is 3.85. The van der Waals surface area contributed by atoms with Crippen LogP contribution in [0.2, 0.25) is 0 Å². The zero-order chi connectivity index (χ0) is 15.0. The first kappa shape index (κ1) is 15.5. The average Bonchev–Trinajstić information content (AvgIpc) is 2.24. The molecule has 0 spiro atoms. The van der Waals surface area contributed by atoms with E-state index in [1.54, 1.807) is 12.1 Å². The van der Waals surface area contributed by atoms with Gasteiger partial charge in [-0.1, -0.05) is 41.5 Å². The molecule has 0 aliphatic heterocycles. The molecule has 0 saturated heterocycles. The van der Waals surface area contributed by atoms with Gasteiger partial charge in [-0.3, -0.25) is 9.59 Å². The largest absolute Gasteiger partial charge is 0.294 e. The molecule has 0 aliphatic rings. The minimum atomic E-state index is -0.548. The van der Waals surface area contributed by atoms with E-state index in [4.69, 9.17) is 0 Å². The lowest BCUT2D eigenvalue weighted by Crippen LogP contribution is -2.28. The summed E-state index contributed by atoms with van der Waals surface area (Å²) in [5.41, 5.74) is 0.404. The van der Waals surface area contributed by atoms with Crippen LogP contribution >= 0.6 is 0 Å². The van der Waals surface area contributed by atoms with Crippen LogP contribution in [0, 0.1) is 17.8 Å². The summed E-state index contributed by atoms with van der Waals surface area (Å²) in [6, 6.07) is 3.49. The molecule has 1 aromatic rings. The van der Waals surface area contributed by atoms with Crippen molar-refractivity contribution < 1.29 is 9.59 Å². The number of hydrogen-bond donors (Lipinski definition) is 0. The minimum absolute atomic E-state index is 0.0485. The third-order valence-electron chi connectivity index (χ3n) is 2.86. The molecule has 0 amide bonds. The predicted molar refractivity (Wildman–Crippen MR) is 76.5 cm³/mol. The van der Waals surface area contributed by atoms with Crippen LogP contribution in [-0.2, 0) is 0 Å². The summed E-state index contributed by atoms with van der Waals surface area (Å²) >= 11 is 0. The second-order valence-corrected chi connectivity index (χ2v) is 7.01. The lowest BCUT2D eigenvalue weighted by atomic mass is 9.81. The monoisotopic (exact) mass is 261 g/mol. The van der Waals surface area contributed by atoms with Gasteiger partial charge >= 0.3 is 0 Å². The van der Waals surface area contributed by atoms with Crippen molar-refractivity contribution >= 4 is 11.6 Å². The highest BCUT2D eigenvalue weighted by Crippen LogP contribution is 2.27. The van der Waals surface area contributed by atoms with Gasteiger partial charge in [0.1, 0.15) is 5.69 Å². The van der Waals surface area contributed by atoms with Crippen molar-refractivity contribution in [2.24, 2.45) is 10.8 Å². The van der Waals surface area contributed by atoms with E-state index in [1.807, 2.05) is 48.5 Å². The van der Waals surface area contributed by atoms with Crippen LogP contribution in [0.25, 0.3) is 0 Å². The van der Waals surface area contributed by atoms with Crippen molar-refractivity contribution in [3.63, 3.8) is 0 Å². The van der Waals surface area contributed by atoms with Gasteiger partial charge in [-0.2, -0.15) is 0 Å². The highest BCUT2D eigenvalue weighted by Gasteiger charge is 2.32. The Hall–Kier alpha value is -1.51. The lowest BCUT2D eigenvalue weighted by molar-refractivity contribution is 0.0819. The van der Waals surface area contributed by atoms with Gasteiger partial charge in [-0.25, -0.2) is 4.98 Å². The SMILES string of the molecule is Cc1ccc(C(=O)C(C)(C)C)c(C(=O)C(C)(C)C)n1. The first-order valence-electron chi connectivity index (χ1n) is 6.52. The van der Waals surface area contributed by atoms with E-state index in [9.17, 15) is 9.59 Å². The van der Waals surface area contributed by atoms with Gasteiger partial charge in [0.05, 0.1) is 0 Å². The van der Waals surface area contributed by atoms with Gasteiger partial charge in [0.2, 0.25) is 0 Å². The van der Waals surface area contributed by atoms with Crippen LogP contribution in [-0.4, -0.2) is 16.6 Å². The number of aryl methyl sites for hydroxylation is 1. The Labute approximate surface area is 115 Å². The number of carbonyl (C=O) groups excluding carboxylic acids is 2. The summed E-state index contributed by atoms with van der Waals surface area (Å²) in [4.78, 5) is 29.2. The Morgan fingerprint density at radius 3 is 1.79 bits per heavy atom. The topological polar surface area (TPSA) is 47.0 Å². The molecule has 3 nitrogen and oxygen atoms in total. The third-order valence-corrected chi connectivity index (χ3v) is 2.86. The van der Waals surface area contributed by atoms with E-state index in [1.165, 1.54) is 0 Å². The summed E-state index contributed by atoms with van der Waals surface area (Å²) in [5.74, 6) is -0.142. The summed E-state index contributed by atoms with van der Waals surface area (Å²) in [6.45, 7) is 12.9. The van der Waals surface area contributed by atoms with Gasteiger partial charge in [-0.05, 0) is 19.1 Å². The number of hydrogen-bond acceptors (Lipinski definition) is 3. The number of carbonyl (C=O) groups is 2. The van der Waals surface area contributed by atoms with Gasteiger partial charge in [0.15, 0.2) is 11.6 Å². The van der Waals surface area contributed by atoms with Crippen LogP contribution in [0.15, 0.2) is 12.1 Å². The maximum Gasteiger partial charge on any atom is 0.187 e. The average molecular weight is 261 g/mol. The fourth-order valence-corrected chi connectivity index (χ4v) is 1.67. The van der Waals surface area contributed by atoms with Crippen molar-refractivity contribution in [3.05, 3.63) is 29.1 Å². The lowest BCUT2D eigenvalue weighted by Gasteiger charge is -2.22. The van der Waals surface area contributed by atoms with Crippen LogP contribution in [0.1, 0.15) is 68.1 Å². The highest BCUT2D eigenvalue weighted by molar-refractivity contribution is 6.10. The molecule has 0 N–H and O–H groups in total. The third kappa shape index (κ3) is 3.49. The molecule has 1 aromatic heterocycles. The first-order valence-corrected chi connectivity index (χ1v) is 6.52. The van der Waals surface area contributed by atoms with E-state index < -0.39 is 10.8 Å². The number of Topliss-reactive ketones (excluding diaryl/α,β-unsaturated/α-hetero) is 2. The van der Waals surface area contributed by atoms with E-state index in [-0.39, 0.29) is 11.6 Å². The molecule has 1 heterocycles. The molecule has 0 bridgehead atoms. The molecule has 0 radical (unpaired) electrons. The first-order chi connectivity index (χ1) is 8.44. The molecule has 104 valence electrons. The van der Waals surface area contributed by atoms with Gasteiger partial charge in [0, 0.05) is 22.1 Å². The van der Waals surface area contributed by atoms with E-state index in [0.29, 0.717) is 11.3 Å². The molecule has 0 fully saturated rings. The number of nitrogens with zero attached hydrogens (tertiary/aromatic N) is 1. The molecule has 0 aliphatic carbocycles. The van der Waals surface area contributed by atoms with Crippen LogP contribution in [0.3, 0.4) is 0 Å². The molecule has 3 heteroatoms. The Balaban J connectivity index is 3.43. The van der Waals surface area contributed by atoms with Crippen LogP contribution < -0.4 is 0 Å². The second kappa shape index (κ2) is 4.87. The maximum absolute atomic E-state index is 12.5. The van der Waals surface area contributed by atoms with Gasteiger partial charge in [-0.15, -0.1) is 0 Å². The molecular formula is C16H23NO2. The van der Waals surface area contributed by atoms with E-state index in [0.717, 1.165) is 5.69 Å². The van der Waals surface area contributed by atoms with Crippen LogP contribution in [0.5, 0.6) is 0 Å². The van der Waals surface area contributed by atoms with Crippen molar-refractivity contribution in [1.29, 1.82) is 0 Å². The maximum atomic E-state index is 12.5. The van der Waals surface area contributed by atoms with E-state index >= 15 is 0 Å². The number of pyridine rings is 1. The Bertz CT molecular complexity index is 517. The van der Waals surface area contributed by atoms with Crippen molar-refractivity contribution in [1.82, 2.24) is 4.98 Å². The summed E-state index contributed by atoms with van der Waals surface area (Å²) < 4.78 is 0. The molecule has 0 aromatic carbocycles. The standard InChI is InChI=1S/C16H23NO2/c1-10-8-9-11(13(18)15(2,3)4)12(17-10)14(19)16(5,6)7/h8-9H,1-7H3. The summed E-state index contributed by atoms with van der Waals surface area (Å²) in [7, 11) is 0. The molecular weight excluding hydrogens is 238 g/mol. The zero-order valence-electron chi connectivity index (χ0n) is 12.9. The van der Waals surface area contributed by atoms with E-state index in [2.05, 4.69) is 4.98 Å². The molecule has 1 rings (SSSR count). The Kier molecular flexibility index (Phi) is 3.99. The van der Waals surface area contributed by atoms with Crippen molar-refractivity contribution in [2.75, 3.05) is 0 Å². The second-order valence-electron chi connectivity index (χ2n) is 7.01. The molecule has 19 heavy (non-hydrogen) atoms. The number of ketones is 2. The van der Waals surface area contributed by atoms with Crippen molar-refractivity contribution in [3.8, 4) is 0 Å². The quantitative estimate of drug-likeness (QED) is 0.760. The van der Waals surface area contributed by atoms with Crippen molar-refractivity contribution in [2.45, 2.75) is 48.5 Å². The highest BCUT2D eigenvalue weighted by atomic mass is 16.1.